The van der Waals surface area contributed by atoms with Gasteiger partial charge < -0.3 is 20.9 Å². The predicted octanol–water partition coefficient (Wildman–Crippen LogP) is 0.964. The summed E-state index contributed by atoms with van der Waals surface area (Å²) in [6, 6.07) is 0. The molecular weight excluding hydrogens is 250 g/mol. The molecule has 5 heteroatoms. The number of rotatable bonds is 7. The maximum atomic E-state index is 5.84. The largest absolute Gasteiger partial charge is 0.370 e. The minimum absolute atomic E-state index is 0.598. The molecule has 1 aliphatic heterocycles. The van der Waals surface area contributed by atoms with Crippen LogP contribution in [0.2, 0.25) is 0 Å². The van der Waals surface area contributed by atoms with Crippen LogP contribution in [0.5, 0.6) is 0 Å². The van der Waals surface area contributed by atoms with Crippen LogP contribution in [-0.4, -0.2) is 68.6 Å². The summed E-state index contributed by atoms with van der Waals surface area (Å²) in [6.45, 7) is 12.1. The standard InChI is InChI=1S/C15H33N5/c1-14(2)6-8-18-15(16)17-7-4-10-20-11-5-9-19(3)12-13-20/h14H,4-13H2,1-3H3,(H3,16,17,18). The second-order valence-electron chi connectivity index (χ2n) is 6.23. The molecule has 0 aromatic carbocycles. The van der Waals surface area contributed by atoms with Gasteiger partial charge in [0.1, 0.15) is 0 Å². The molecule has 0 unspecified atom stereocenters. The maximum absolute atomic E-state index is 5.84. The zero-order valence-electron chi connectivity index (χ0n) is 13.6. The quantitative estimate of drug-likeness (QED) is 0.415. The molecule has 0 aromatic rings. The van der Waals surface area contributed by atoms with Crippen molar-refractivity contribution in [3.63, 3.8) is 0 Å². The predicted molar refractivity (Wildman–Crippen MR) is 87.1 cm³/mol. The Balaban J connectivity index is 2.07. The number of nitrogens with zero attached hydrogens (tertiary/aromatic N) is 3. The third kappa shape index (κ3) is 8.38. The lowest BCUT2D eigenvalue weighted by atomic mass is 10.1. The molecule has 1 heterocycles. The van der Waals surface area contributed by atoms with Crippen molar-refractivity contribution in [2.24, 2.45) is 16.6 Å². The number of aliphatic imine (C=N–C) groups is 1. The molecule has 0 aliphatic carbocycles. The summed E-state index contributed by atoms with van der Waals surface area (Å²) < 4.78 is 0. The van der Waals surface area contributed by atoms with Crippen LogP contribution in [0.4, 0.5) is 0 Å². The molecule has 118 valence electrons. The number of hydrogen-bond acceptors (Lipinski definition) is 3. The minimum Gasteiger partial charge on any atom is -0.370 e. The molecule has 1 rings (SSSR count). The van der Waals surface area contributed by atoms with Gasteiger partial charge in [-0.1, -0.05) is 13.8 Å². The third-order valence-corrected chi connectivity index (χ3v) is 3.75. The van der Waals surface area contributed by atoms with E-state index in [1.165, 1.54) is 32.6 Å². The van der Waals surface area contributed by atoms with E-state index in [-0.39, 0.29) is 0 Å². The lowest BCUT2D eigenvalue weighted by molar-refractivity contribution is 0.275. The summed E-state index contributed by atoms with van der Waals surface area (Å²) in [4.78, 5) is 9.34. The summed E-state index contributed by atoms with van der Waals surface area (Å²) in [7, 11) is 2.21. The lowest BCUT2D eigenvalue weighted by Crippen LogP contribution is -2.33. The molecule has 20 heavy (non-hydrogen) atoms. The molecule has 5 nitrogen and oxygen atoms in total. The fourth-order valence-electron chi connectivity index (χ4n) is 2.36. The molecule has 0 atom stereocenters. The highest BCUT2D eigenvalue weighted by Crippen LogP contribution is 2.01. The van der Waals surface area contributed by atoms with Crippen LogP contribution >= 0.6 is 0 Å². The highest BCUT2D eigenvalue weighted by Gasteiger charge is 2.10. The first kappa shape index (κ1) is 17.2. The van der Waals surface area contributed by atoms with Gasteiger partial charge in [0.15, 0.2) is 5.96 Å². The Hall–Kier alpha value is -0.810. The third-order valence-electron chi connectivity index (χ3n) is 3.75. The van der Waals surface area contributed by atoms with Crippen molar-refractivity contribution < 1.29 is 0 Å². The SMILES string of the molecule is CC(C)CCNC(N)=NCCCN1CCCN(C)CC1. The molecule has 0 bridgehead atoms. The zero-order chi connectivity index (χ0) is 14.8. The molecule has 0 amide bonds. The van der Waals surface area contributed by atoms with Gasteiger partial charge in [0.25, 0.3) is 0 Å². The summed E-state index contributed by atoms with van der Waals surface area (Å²) >= 11 is 0. The Morgan fingerprint density at radius 2 is 2.05 bits per heavy atom. The highest BCUT2D eigenvalue weighted by atomic mass is 15.2. The number of nitrogens with two attached hydrogens (primary N) is 1. The van der Waals surface area contributed by atoms with Gasteiger partial charge in [-0.25, -0.2) is 0 Å². The van der Waals surface area contributed by atoms with Crippen molar-refractivity contribution in [2.75, 3.05) is 52.9 Å². The Kier molecular flexibility index (Phi) is 8.62. The van der Waals surface area contributed by atoms with Gasteiger partial charge in [-0.15, -0.1) is 0 Å². The highest BCUT2D eigenvalue weighted by molar-refractivity contribution is 5.77. The van der Waals surface area contributed by atoms with Crippen LogP contribution in [-0.2, 0) is 0 Å². The van der Waals surface area contributed by atoms with Crippen molar-refractivity contribution >= 4 is 5.96 Å². The zero-order valence-corrected chi connectivity index (χ0v) is 13.6. The van der Waals surface area contributed by atoms with Crippen LogP contribution in [0.25, 0.3) is 0 Å². The van der Waals surface area contributed by atoms with Crippen molar-refractivity contribution in [1.29, 1.82) is 0 Å². The van der Waals surface area contributed by atoms with E-state index < -0.39 is 0 Å². The first-order valence-corrected chi connectivity index (χ1v) is 8.02. The molecule has 0 saturated carbocycles. The molecule has 1 aliphatic rings. The second-order valence-corrected chi connectivity index (χ2v) is 6.23. The normalized spacial score (nSPS) is 19.3. The molecule has 0 radical (unpaired) electrons. The number of hydrogen-bond donors (Lipinski definition) is 2. The summed E-state index contributed by atoms with van der Waals surface area (Å²) in [5.74, 6) is 1.30. The van der Waals surface area contributed by atoms with Gasteiger partial charge in [0.2, 0.25) is 0 Å². The molecule has 1 fully saturated rings. The first-order chi connectivity index (χ1) is 9.58. The van der Waals surface area contributed by atoms with E-state index in [1.54, 1.807) is 0 Å². The summed E-state index contributed by atoms with van der Waals surface area (Å²) in [5, 5.41) is 3.18. The number of nitrogens with one attached hydrogen (secondary N) is 1. The van der Waals surface area contributed by atoms with Gasteiger partial charge in [-0.3, -0.25) is 4.99 Å². The molecule has 0 spiro atoms. The maximum Gasteiger partial charge on any atom is 0.188 e. The van der Waals surface area contributed by atoms with Crippen LogP contribution < -0.4 is 11.1 Å². The van der Waals surface area contributed by atoms with E-state index in [2.05, 4.69) is 41.0 Å². The van der Waals surface area contributed by atoms with E-state index in [0.29, 0.717) is 11.9 Å². The summed E-state index contributed by atoms with van der Waals surface area (Å²) in [5.41, 5.74) is 5.84. The Bertz CT molecular complexity index is 277. The van der Waals surface area contributed by atoms with E-state index >= 15 is 0 Å². The number of likely N-dealkylation sites (N-methyl/N-ethyl adjacent to an activating group) is 1. The van der Waals surface area contributed by atoms with Crippen LogP contribution in [0.1, 0.15) is 33.1 Å². The van der Waals surface area contributed by atoms with E-state index in [9.17, 15) is 0 Å². The fourth-order valence-corrected chi connectivity index (χ4v) is 2.36. The van der Waals surface area contributed by atoms with Crippen LogP contribution in [0, 0.1) is 5.92 Å². The second kappa shape index (κ2) is 10.00. The van der Waals surface area contributed by atoms with Gasteiger partial charge in [-0.2, -0.15) is 0 Å². The number of guanidine groups is 1. The van der Waals surface area contributed by atoms with Crippen molar-refractivity contribution in [1.82, 2.24) is 15.1 Å². The van der Waals surface area contributed by atoms with Gasteiger partial charge in [0, 0.05) is 26.2 Å². The van der Waals surface area contributed by atoms with Crippen LogP contribution in [0.15, 0.2) is 4.99 Å². The fraction of sp³-hybridized carbons (Fsp3) is 0.933. The lowest BCUT2D eigenvalue weighted by Gasteiger charge is -2.19. The van der Waals surface area contributed by atoms with Crippen molar-refractivity contribution in [3.05, 3.63) is 0 Å². The molecule has 3 N–H and O–H groups in total. The first-order valence-electron chi connectivity index (χ1n) is 8.02. The van der Waals surface area contributed by atoms with Crippen molar-refractivity contribution in [3.8, 4) is 0 Å². The van der Waals surface area contributed by atoms with E-state index in [0.717, 1.165) is 32.5 Å². The minimum atomic E-state index is 0.598. The Labute approximate surface area is 124 Å². The topological polar surface area (TPSA) is 56.9 Å². The van der Waals surface area contributed by atoms with Gasteiger partial charge >= 0.3 is 0 Å². The average molecular weight is 283 g/mol. The van der Waals surface area contributed by atoms with E-state index in [4.69, 9.17) is 5.73 Å². The molecule has 1 saturated heterocycles. The Morgan fingerprint density at radius 1 is 1.25 bits per heavy atom. The molecular formula is C15H33N5. The van der Waals surface area contributed by atoms with Gasteiger partial charge in [0.05, 0.1) is 0 Å². The van der Waals surface area contributed by atoms with Gasteiger partial charge in [-0.05, 0) is 51.9 Å². The molecule has 0 aromatic heterocycles. The smallest absolute Gasteiger partial charge is 0.188 e. The van der Waals surface area contributed by atoms with Crippen molar-refractivity contribution in [2.45, 2.75) is 33.1 Å². The average Bonchev–Trinajstić information content (AvgIpc) is 2.59. The summed E-state index contributed by atoms with van der Waals surface area (Å²) in [6.07, 6.45) is 3.51. The van der Waals surface area contributed by atoms with E-state index in [1.807, 2.05) is 0 Å². The van der Waals surface area contributed by atoms with Crippen LogP contribution in [0.3, 0.4) is 0 Å². The Morgan fingerprint density at radius 3 is 2.80 bits per heavy atom. The monoisotopic (exact) mass is 283 g/mol.